The maximum absolute atomic E-state index is 5.48. The second-order valence-electron chi connectivity index (χ2n) is 3.87. The summed E-state index contributed by atoms with van der Waals surface area (Å²) in [5, 5.41) is 0. The van der Waals surface area contributed by atoms with Crippen LogP contribution in [0.5, 0.6) is 5.75 Å². The van der Waals surface area contributed by atoms with Crippen LogP contribution in [0, 0.1) is 6.92 Å². The molecule has 0 bridgehead atoms. The largest absolute Gasteiger partial charge is 0.496 e. The summed E-state index contributed by atoms with van der Waals surface area (Å²) in [4.78, 5) is 8.74. The van der Waals surface area contributed by atoms with Crippen molar-refractivity contribution in [3.05, 3.63) is 41.7 Å². The fourth-order valence-corrected chi connectivity index (χ4v) is 1.86. The zero-order valence-corrected chi connectivity index (χ0v) is 10.4. The lowest BCUT2D eigenvalue weighted by Crippen LogP contribution is -1.97. The van der Waals surface area contributed by atoms with Crippen LogP contribution < -0.4 is 4.74 Å². The average molecular weight is 228 g/mol. The number of aromatic nitrogens is 2. The molecule has 0 atom stereocenters. The predicted octanol–water partition coefficient (Wildman–Crippen LogP) is 3.02. The molecule has 2 rings (SSSR count). The van der Waals surface area contributed by atoms with E-state index in [4.69, 9.17) is 4.74 Å². The zero-order chi connectivity index (χ0) is 12.3. The number of hydrogen-bond acceptors (Lipinski definition) is 3. The van der Waals surface area contributed by atoms with Crippen molar-refractivity contribution in [1.29, 1.82) is 0 Å². The summed E-state index contributed by atoms with van der Waals surface area (Å²) in [6.45, 7) is 4.07. The topological polar surface area (TPSA) is 35.0 Å². The number of rotatable bonds is 3. The summed E-state index contributed by atoms with van der Waals surface area (Å²) in [6, 6.07) is 7.97. The number of methoxy groups -OCH3 is 1. The third-order valence-electron chi connectivity index (χ3n) is 2.72. The van der Waals surface area contributed by atoms with E-state index in [0.717, 1.165) is 29.3 Å². The number of para-hydroxylation sites is 1. The van der Waals surface area contributed by atoms with Crippen LogP contribution in [0.4, 0.5) is 0 Å². The third-order valence-corrected chi connectivity index (χ3v) is 2.72. The smallest absolute Gasteiger partial charge is 0.163 e. The minimum Gasteiger partial charge on any atom is -0.496 e. The van der Waals surface area contributed by atoms with E-state index in [2.05, 4.69) is 23.0 Å². The van der Waals surface area contributed by atoms with Crippen LogP contribution >= 0.6 is 0 Å². The van der Waals surface area contributed by atoms with Crippen molar-refractivity contribution >= 4 is 0 Å². The van der Waals surface area contributed by atoms with Crippen molar-refractivity contribution in [2.24, 2.45) is 0 Å². The van der Waals surface area contributed by atoms with Gasteiger partial charge in [-0.15, -0.1) is 0 Å². The van der Waals surface area contributed by atoms with Crippen molar-refractivity contribution < 1.29 is 4.74 Å². The predicted molar refractivity (Wildman–Crippen MR) is 68.1 cm³/mol. The molecule has 0 radical (unpaired) electrons. The van der Waals surface area contributed by atoms with E-state index in [1.54, 1.807) is 13.3 Å². The molecule has 3 nitrogen and oxygen atoms in total. The van der Waals surface area contributed by atoms with Crippen molar-refractivity contribution in [1.82, 2.24) is 9.97 Å². The number of nitrogens with zero attached hydrogens (tertiary/aromatic N) is 2. The van der Waals surface area contributed by atoms with Gasteiger partial charge in [0.25, 0.3) is 0 Å². The zero-order valence-electron chi connectivity index (χ0n) is 10.4. The first-order chi connectivity index (χ1) is 8.26. The highest BCUT2D eigenvalue weighted by molar-refractivity contribution is 5.66. The van der Waals surface area contributed by atoms with Gasteiger partial charge in [0, 0.05) is 11.9 Å². The molecule has 0 unspecified atom stereocenters. The van der Waals surface area contributed by atoms with E-state index in [9.17, 15) is 0 Å². The summed E-state index contributed by atoms with van der Waals surface area (Å²) in [5.41, 5.74) is 3.09. The molecule has 1 aromatic heterocycles. The monoisotopic (exact) mass is 228 g/mol. The minimum atomic E-state index is 0.720. The second-order valence-corrected chi connectivity index (χ2v) is 3.87. The van der Waals surface area contributed by atoms with Gasteiger partial charge in [0.15, 0.2) is 5.82 Å². The third kappa shape index (κ3) is 2.28. The highest BCUT2D eigenvalue weighted by Gasteiger charge is 2.11. The Labute approximate surface area is 102 Å². The van der Waals surface area contributed by atoms with Crippen LogP contribution in [0.25, 0.3) is 11.4 Å². The van der Waals surface area contributed by atoms with Crippen LogP contribution in [0.1, 0.15) is 18.2 Å². The molecule has 3 heteroatoms. The lowest BCUT2D eigenvalue weighted by molar-refractivity contribution is 0.411. The molecule has 0 spiro atoms. The Bertz CT molecular complexity index is 523. The Morgan fingerprint density at radius 2 is 2.06 bits per heavy atom. The molecule has 0 saturated heterocycles. The Kier molecular flexibility index (Phi) is 3.38. The Hall–Kier alpha value is -1.90. The molecule has 0 saturated carbocycles. The van der Waals surface area contributed by atoms with Gasteiger partial charge in [-0.3, -0.25) is 0 Å². The van der Waals surface area contributed by atoms with Crippen molar-refractivity contribution in [2.75, 3.05) is 7.11 Å². The summed E-state index contributed by atoms with van der Waals surface area (Å²) >= 11 is 0. The molecule has 0 amide bonds. The van der Waals surface area contributed by atoms with Crippen LogP contribution in [0.3, 0.4) is 0 Å². The first-order valence-electron chi connectivity index (χ1n) is 5.72. The maximum Gasteiger partial charge on any atom is 0.163 e. The van der Waals surface area contributed by atoms with E-state index in [1.807, 2.05) is 25.1 Å². The minimum absolute atomic E-state index is 0.720. The number of benzene rings is 1. The molecule has 1 heterocycles. The van der Waals surface area contributed by atoms with Gasteiger partial charge in [0.2, 0.25) is 0 Å². The van der Waals surface area contributed by atoms with Crippen LogP contribution in [-0.2, 0) is 6.42 Å². The van der Waals surface area contributed by atoms with E-state index < -0.39 is 0 Å². The quantitative estimate of drug-likeness (QED) is 0.810. The molecule has 0 N–H and O–H groups in total. The SMILES string of the molecule is CCc1cccc(-c2nccc(C)n2)c1OC. The number of ether oxygens (including phenoxy) is 1. The van der Waals surface area contributed by atoms with Gasteiger partial charge in [-0.25, -0.2) is 9.97 Å². The molecule has 88 valence electrons. The van der Waals surface area contributed by atoms with E-state index >= 15 is 0 Å². The van der Waals surface area contributed by atoms with Gasteiger partial charge in [0.05, 0.1) is 12.7 Å². The first-order valence-corrected chi connectivity index (χ1v) is 5.72. The summed E-state index contributed by atoms with van der Waals surface area (Å²) in [6.07, 6.45) is 2.71. The van der Waals surface area contributed by atoms with E-state index in [1.165, 1.54) is 5.56 Å². The van der Waals surface area contributed by atoms with E-state index in [0.29, 0.717) is 0 Å². The fraction of sp³-hybridized carbons (Fsp3) is 0.286. The average Bonchev–Trinajstić information content (AvgIpc) is 2.37. The van der Waals surface area contributed by atoms with Gasteiger partial charge in [0.1, 0.15) is 5.75 Å². The first kappa shape index (κ1) is 11.6. The fourth-order valence-electron chi connectivity index (χ4n) is 1.86. The summed E-state index contributed by atoms with van der Waals surface area (Å²) in [5.74, 6) is 1.60. The Morgan fingerprint density at radius 3 is 2.71 bits per heavy atom. The number of hydrogen-bond donors (Lipinski definition) is 0. The molecule has 0 aliphatic heterocycles. The molecule has 2 aromatic rings. The highest BCUT2D eigenvalue weighted by Crippen LogP contribution is 2.31. The molecular formula is C14H16N2O. The normalized spacial score (nSPS) is 10.3. The van der Waals surface area contributed by atoms with E-state index in [-0.39, 0.29) is 0 Å². The van der Waals surface area contributed by atoms with Crippen molar-refractivity contribution in [2.45, 2.75) is 20.3 Å². The number of aryl methyl sites for hydroxylation is 2. The molecule has 17 heavy (non-hydrogen) atoms. The van der Waals surface area contributed by atoms with Gasteiger partial charge in [-0.05, 0) is 31.0 Å². The highest BCUT2D eigenvalue weighted by atomic mass is 16.5. The molecule has 0 aliphatic carbocycles. The lowest BCUT2D eigenvalue weighted by Gasteiger charge is -2.11. The Morgan fingerprint density at radius 1 is 1.24 bits per heavy atom. The van der Waals surface area contributed by atoms with Gasteiger partial charge in [-0.1, -0.05) is 19.1 Å². The Balaban J connectivity index is 2.59. The van der Waals surface area contributed by atoms with Crippen LogP contribution in [-0.4, -0.2) is 17.1 Å². The van der Waals surface area contributed by atoms with Gasteiger partial charge >= 0.3 is 0 Å². The second kappa shape index (κ2) is 4.95. The molecule has 1 aromatic carbocycles. The van der Waals surface area contributed by atoms with Gasteiger partial charge < -0.3 is 4.74 Å². The standard InChI is InChI=1S/C14H16N2O/c1-4-11-6-5-7-12(13(11)17-3)14-15-9-8-10(2)16-14/h5-9H,4H2,1-3H3. The lowest BCUT2D eigenvalue weighted by atomic mass is 10.1. The molecule has 0 fully saturated rings. The van der Waals surface area contributed by atoms with Crippen molar-refractivity contribution in [3.8, 4) is 17.1 Å². The molecular weight excluding hydrogens is 212 g/mol. The maximum atomic E-state index is 5.48. The van der Waals surface area contributed by atoms with Gasteiger partial charge in [-0.2, -0.15) is 0 Å². The van der Waals surface area contributed by atoms with Crippen LogP contribution in [0.15, 0.2) is 30.5 Å². The summed E-state index contributed by atoms with van der Waals surface area (Å²) < 4.78 is 5.48. The van der Waals surface area contributed by atoms with Crippen molar-refractivity contribution in [3.63, 3.8) is 0 Å². The summed E-state index contributed by atoms with van der Waals surface area (Å²) in [7, 11) is 1.69. The van der Waals surface area contributed by atoms with Crippen LogP contribution in [0.2, 0.25) is 0 Å². The molecule has 0 aliphatic rings.